The van der Waals surface area contributed by atoms with Crippen LogP contribution in [0.1, 0.15) is 50.5 Å². The summed E-state index contributed by atoms with van der Waals surface area (Å²) in [5, 5.41) is 0.990. The maximum Gasteiger partial charge on any atom is 0.305 e. The lowest BCUT2D eigenvalue weighted by Gasteiger charge is -2.57. The van der Waals surface area contributed by atoms with Crippen LogP contribution < -0.4 is 0 Å². The van der Waals surface area contributed by atoms with Crippen molar-refractivity contribution >= 4 is 16.9 Å². The van der Waals surface area contributed by atoms with E-state index in [9.17, 15) is 9.18 Å². The first kappa shape index (κ1) is 21.0. The van der Waals surface area contributed by atoms with Crippen molar-refractivity contribution in [1.29, 1.82) is 0 Å². The molecule has 3 saturated heterocycles. The highest BCUT2D eigenvalue weighted by atomic mass is 19.1. The number of nitrogens with one attached hydrogen (secondary N) is 1. The van der Waals surface area contributed by atoms with E-state index in [1.54, 1.807) is 6.07 Å². The van der Waals surface area contributed by atoms with Crippen LogP contribution in [0.25, 0.3) is 10.9 Å². The molecule has 1 N–H and O–H groups in total. The van der Waals surface area contributed by atoms with Gasteiger partial charge < -0.3 is 9.72 Å². The number of hydrogen-bond donors (Lipinski definition) is 1. The van der Waals surface area contributed by atoms with Crippen molar-refractivity contribution in [3.63, 3.8) is 0 Å². The van der Waals surface area contributed by atoms with Gasteiger partial charge in [-0.25, -0.2) is 4.39 Å². The molecule has 1 aromatic carbocycles. The number of carbonyl (C=O) groups excluding carboxylic acids is 1. The molecule has 5 nitrogen and oxygen atoms in total. The van der Waals surface area contributed by atoms with Crippen LogP contribution in [0.4, 0.5) is 4.39 Å². The lowest BCUT2D eigenvalue weighted by Crippen LogP contribution is -2.64. The Morgan fingerprint density at radius 2 is 2.10 bits per heavy atom. The van der Waals surface area contributed by atoms with Gasteiger partial charge in [0.2, 0.25) is 0 Å². The number of halogens is 1. The minimum Gasteiger partial charge on any atom is -0.469 e. The fourth-order valence-corrected chi connectivity index (χ4v) is 6.72. The molecule has 3 fully saturated rings. The maximum atomic E-state index is 13.9. The summed E-state index contributed by atoms with van der Waals surface area (Å²) < 4.78 is 18.8. The van der Waals surface area contributed by atoms with Crippen LogP contribution in [-0.2, 0) is 16.1 Å². The van der Waals surface area contributed by atoms with Gasteiger partial charge in [0.1, 0.15) is 5.82 Å². The highest BCUT2D eigenvalue weighted by Crippen LogP contribution is 2.44. The molecule has 0 amide bonds. The van der Waals surface area contributed by atoms with Crippen LogP contribution in [-0.4, -0.2) is 59.6 Å². The third-order valence-corrected chi connectivity index (χ3v) is 7.99. The molecule has 0 saturated carbocycles. The fraction of sp³-hybridized carbons (Fsp3) is 0.640. The van der Waals surface area contributed by atoms with E-state index in [0.717, 1.165) is 42.8 Å². The zero-order chi connectivity index (χ0) is 21.4. The smallest absolute Gasteiger partial charge is 0.305 e. The number of ether oxygens (including phenoxy) is 1. The topological polar surface area (TPSA) is 48.6 Å². The zero-order valence-corrected chi connectivity index (χ0v) is 18.5. The number of aromatic amines is 1. The van der Waals surface area contributed by atoms with Crippen LogP contribution in [0.15, 0.2) is 24.4 Å². The Hall–Kier alpha value is -1.92. The SMILES string of the molecule is COC(=O)CCC[C@@H]1[C@H]2CCCN3CCC[C@H](CN1Cc1c[nH]c4ccc(F)cc14)[C@@H]23. The Morgan fingerprint density at radius 3 is 2.94 bits per heavy atom. The second-order valence-corrected chi connectivity index (χ2v) is 9.70. The quantitative estimate of drug-likeness (QED) is 0.698. The van der Waals surface area contributed by atoms with Gasteiger partial charge in [-0.2, -0.15) is 0 Å². The molecule has 2 aromatic rings. The third-order valence-electron chi connectivity index (χ3n) is 7.99. The summed E-state index contributed by atoms with van der Waals surface area (Å²) in [6.45, 7) is 4.43. The summed E-state index contributed by atoms with van der Waals surface area (Å²) in [7, 11) is 1.47. The molecule has 0 spiro atoms. The van der Waals surface area contributed by atoms with E-state index in [1.165, 1.54) is 57.5 Å². The summed E-state index contributed by atoms with van der Waals surface area (Å²) in [6.07, 6.45) is 9.59. The molecule has 0 unspecified atom stereocenters. The fourth-order valence-electron chi connectivity index (χ4n) is 6.72. The van der Waals surface area contributed by atoms with Crippen LogP contribution in [0.3, 0.4) is 0 Å². The number of H-pyrrole nitrogens is 1. The average molecular weight is 428 g/mol. The molecule has 0 bridgehead atoms. The first-order chi connectivity index (χ1) is 15.1. The summed E-state index contributed by atoms with van der Waals surface area (Å²) in [4.78, 5) is 20.5. The Kier molecular flexibility index (Phi) is 6.02. The van der Waals surface area contributed by atoms with Gasteiger partial charge in [0.15, 0.2) is 0 Å². The molecule has 31 heavy (non-hydrogen) atoms. The van der Waals surface area contributed by atoms with Crippen molar-refractivity contribution in [2.45, 2.75) is 63.6 Å². The van der Waals surface area contributed by atoms with Gasteiger partial charge >= 0.3 is 5.97 Å². The number of carbonyl (C=O) groups is 1. The minimum absolute atomic E-state index is 0.115. The Balaban J connectivity index is 1.41. The number of aromatic nitrogens is 1. The van der Waals surface area contributed by atoms with Crippen molar-refractivity contribution in [3.05, 3.63) is 35.8 Å². The van der Waals surface area contributed by atoms with E-state index in [4.69, 9.17) is 4.74 Å². The van der Waals surface area contributed by atoms with Gasteiger partial charge in [0.05, 0.1) is 7.11 Å². The normalized spacial score (nSPS) is 29.1. The lowest BCUT2D eigenvalue weighted by molar-refractivity contribution is -0.141. The Bertz CT molecular complexity index is 927. The highest BCUT2D eigenvalue weighted by Gasteiger charge is 2.48. The van der Waals surface area contributed by atoms with Crippen molar-refractivity contribution in [2.24, 2.45) is 11.8 Å². The number of likely N-dealkylation sites (tertiary alicyclic amines) is 1. The van der Waals surface area contributed by atoms with E-state index in [-0.39, 0.29) is 11.8 Å². The predicted molar refractivity (Wildman–Crippen MR) is 119 cm³/mol. The van der Waals surface area contributed by atoms with Gasteiger partial charge in [-0.3, -0.25) is 14.6 Å². The number of piperidine rings is 3. The largest absolute Gasteiger partial charge is 0.469 e. The van der Waals surface area contributed by atoms with Crippen molar-refractivity contribution < 1.29 is 13.9 Å². The van der Waals surface area contributed by atoms with Crippen molar-refractivity contribution in [1.82, 2.24) is 14.8 Å². The number of nitrogens with zero attached hydrogens (tertiary/aromatic N) is 2. The summed E-state index contributed by atoms with van der Waals surface area (Å²) in [6, 6.07) is 6.16. The Labute approximate surface area is 183 Å². The summed E-state index contributed by atoms with van der Waals surface area (Å²) in [5.41, 5.74) is 2.17. The molecule has 6 heteroatoms. The predicted octanol–water partition coefficient (Wildman–Crippen LogP) is 4.33. The number of fused-ring (bicyclic) bond motifs is 1. The van der Waals surface area contributed by atoms with Crippen molar-refractivity contribution in [2.75, 3.05) is 26.7 Å². The highest BCUT2D eigenvalue weighted by molar-refractivity contribution is 5.83. The van der Waals surface area contributed by atoms with Gasteiger partial charge in [0, 0.05) is 48.7 Å². The number of methoxy groups -OCH3 is 1. The van der Waals surface area contributed by atoms with E-state index >= 15 is 0 Å². The Morgan fingerprint density at radius 1 is 1.26 bits per heavy atom. The molecule has 5 rings (SSSR count). The second kappa shape index (κ2) is 8.91. The monoisotopic (exact) mass is 427 g/mol. The maximum absolute atomic E-state index is 13.9. The molecule has 4 heterocycles. The summed E-state index contributed by atoms with van der Waals surface area (Å²) >= 11 is 0. The van der Waals surface area contributed by atoms with Crippen LogP contribution >= 0.6 is 0 Å². The number of esters is 1. The zero-order valence-electron chi connectivity index (χ0n) is 18.5. The summed E-state index contributed by atoms with van der Waals surface area (Å²) in [5.74, 6) is 1.08. The second-order valence-electron chi connectivity index (χ2n) is 9.70. The third kappa shape index (κ3) is 4.12. The van der Waals surface area contributed by atoms with Gasteiger partial charge in [-0.15, -0.1) is 0 Å². The van der Waals surface area contributed by atoms with Crippen molar-refractivity contribution in [3.8, 4) is 0 Å². The molecular formula is C25H34FN3O2. The van der Waals surface area contributed by atoms with Gasteiger partial charge in [-0.05, 0) is 87.2 Å². The molecule has 0 aliphatic carbocycles. The number of hydrogen-bond acceptors (Lipinski definition) is 4. The van der Waals surface area contributed by atoms with E-state index in [1.807, 2.05) is 6.07 Å². The number of rotatable bonds is 6. The molecule has 3 aliphatic rings. The standard InChI is InChI=1S/C25H34FN3O2/c1-31-24(30)8-2-7-23-20-6-4-12-28-11-3-5-17(25(20)28)15-29(23)16-18-14-27-22-10-9-19(26)13-21(18)22/h9-10,13-14,17,20,23,25,27H,2-8,11-12,15-16H2,1H3/t17-,20-,23-,25+/m1/s1. The average Bonchev–Trinajstić information content (AvgIpc) is 3.17. The molecule has 168 valence electrons. The van der Waals surface area contributed by atoms with E-state index in [2.05, 4.69) is 21.0 Å². The molecule has 4 atom stereocenters. The van der Waals surface area contributed by atoms with Crippen LogP contribution in [0, 0.1) is 17.7 Å². The van der Waals surface area contributed by atoms with E-state index in [0.29, 0.717) is 24.4 Å². The molecular weight excluding hydrogens is 393 g/mol. The number of benzene rings is 1. The van der Waals surface area contributed by atoms with E-state index < -0.39 is 0 Å². The molecule has 0 radical (unpaired) electrons. The van der Waals surface area contributed by atoms with Gasteiger partial charge in [0.25, 0.3) is 0 Å². The van der Waals surface area contributed by atoms with Gasteiger partial charge in [-0.1, -0.05) is 0 Å². The first-order valence-corrected chi connectivity index (χ1v) is 11.9. The van der Waals surface area contributed by atoms with Crippen LogP contribution in [0.2, 0.25) is 0 Å². The minimum atomic E-state index is -0.183. The lowest BCUT2D eigenvalue weighted by atomic mass is 9.69. The molecule has 1 aromatic heterocycles. The van der Waals surface area contributed by atoms with Crippen LogP contribution in [0.5, 0.6) is 0 Å². The first-order valence-electron chi connectivity index (χ1n) is 11.9. The molecule has 3 aliphatic heterocycles.